The van der Waals surface area contributed by atoms with Crippen molar-refractivity contribution >= 4 is 17.6 Å². The van der Waals surface area contributed by atoms with E-state index < -0.39 is 5.97 Å². The molecule has 0 aromatic heterocycles. The molecule has 5 nitrogen and oxygen atoms in total. The van der Waals surface area contributed by atoms with Crippen molar-refractivity contribution in [2.75, 3.05) is 0 Å². The zero-order chi connectivity index (χ0) is 19.2. The van der Waals surface area contributed by atoms with Crippen molar-refractivity contribution in [3.63, 3.8) is 0 Å². The van der Waals surface area contributed by atoms with Crippen molar-refractivity contribution in [1.82, 2.24) is 10.4 Å². The second kappa shape index (κ2) is 8.54. The molecule has 0 spiro atoms. The van der Waals surface area contributed by atoms with Crippen LogP contribution in [0.25, 0.3) is 5.70 Å². The number of carboxylic acids is 1. The molecule has 1 aliphatic rings. The fourth-order valence-electron chi connectivity index (χ4n) is 3.17. The van der Waals surface area contributed by atoms with Crippen LogP contribution < -0.4 is 10.5 Å². The highest BCUT2D eigenvalue weighted by Gasteiger charge is 2.30. The molecule has 0 unspecified atom stereocenters. The molecule has 5 heteroatoms. The van der Waals surface area contributed by atoms with Crippen LogP contribution in [0.4, 0.5) is 0 Å². The molecular formula is C22H23N2O3-. The molecule has 1 aliphatic heterocycles. The number of benzene rings is 2. The van der Waals surface area contributed by atoms with Gasteiger partial charge in [-0.2, -0.15) is 0 Å². The molecule has 140 valence electrons. The van der Waals surface area contributed by atoms with Gasteiger partial charge in [-0.3, -0.25) is 10.2 Å². The summed E-state index contributed by atoms with van der Waals surface area (Å²) >= 11 is 0. The maximum atomic E-state index is 12.7. The fourth-order valence-corrected chi connectivity index (χ4v) is 3.17. The van der Waals surface area contributed by atoms with Gasteiger partial charge in [0.1, 0.15) is 0 Å². The zero-order valence-corrected chi connectivity index (χ0v) is 15.4. The van der Waals surface area contributed by atoms with E-state index in [2.05, 4.69) is 24.5 Å². The third-order valence-corrected chi connectivity index (χ3v) is 4.70. The minimum absolute atomic E-state index is 0.117. The molecule has 3 rings (SSSR count). The molecule has 0 radical (unpaired) electrons. The number of amides is 1. The van der Waals surface area contributed by atoms with Crippen LogP contribution in [0.2, 0.25) is 0 Å². The number of hydrogen-bond donors (Lipinski definition) is 1. The van der Waals surface area contributed by atoms with Crippen LogP contribution in [-0.2, 0) is 16.0 Å². The molecule has 0 bridgehead atoms. The van der Waals surface area contributed by atoms with Crippen LogP contribution in [-0.4, -0.2) is 16.9 Å². The number of aryl methyl sites for hydroxylation is 1. The average Bonchev–Trinajstić information content (AvgIpc) is 3.14. The second-order valence-electron chi connectivity index (χ2n) is 6.59. The molecule has 1 heterocycles. The van der Waals surface area contributed by atoms with Crippen LogP contribution >= 0.6 is 0 Å². The first kappa shape index (κ1) is 18.7. The predicted octanol–water partition coefficient (Wildman–Crippen LogP) is 2.60. The number of aliphatic carboxylic acids is 1. The first-order chi connectivity index (χ1) is 13.1. The SMILES string of the molecule is CCc1ccc([C@@H]2C=C(c3ccccc3)NN2C(=O)CCCC(=O)[O-])cc1. The summed E-state index contributed by atoms with van der Waals surface area (Å²) in [7, 11) is 0. The van der Waals surface area contributed by atoms with Crippen molar-refractivity contribution < 1.29 is 14.7 Å². The summed E-state index contributed by atoms with van der Waals surface area (Å²) in [6.07, 6.45) is 3.30. The Hall–Kier alpha value is -3.08. The van der Waals surface area contributed by atoms with Crippen LogP contribution in [0.3, 0.4) is 0 Å². The Morgan fingerprint density at radius 2 is 1.74 bits per heavy atom. The van der Waals surface area contributed by atoms with Crippen molar-refractivity contribution in [3.8, 4) is 0 Å². The van der Waals surface area contributed by atoms with E-state index in [1.54, 1.807) is 5.01 Å². The summed E-state index contributed by atoms with van der Waals surface area (Å²) < 4.78 is 0. The molecular weight excluding hydrogens is 340 g/mol. The number of nitrogens with zero attached hydrogens (tertiary/aromatic N) is 1. The summed E-state index contributed by atoms with van der Waals surface area (Å²) in [6, 6.07) is 17.8. The quantitative estimate of drug-likeness (QED) is 0.821. The molecule has 2 aromatic carbocycles. The van der Waals surface area contributed by atoms with Gasteiger partial charge in [-0.15, -0.1) is 0 Å². The molecule has 1 amide bonds. The Labute approximate surface area is 159 Å². The van der Waals surface area contributed by atoms with Crippen molar-refractivity contribution in [3.05, 3.63) is 77.4 Å². The molecule has 1 N–H and O–H groups in total. The summed E-state index contributed by atoms with van der Waals surface area (Å²) in [4.78, 5) is 23.4. The summed E-state index contributed by atoms with van der Waals surface area (Å²) in [5.74, 6) is -1.27. The minimum atomic E-state index is -1.13. The highest BCUT2D eigenvalue weighted by molar-refractivity contribution is 5.81. The lowest BCUT2D eigenvalue weighted by Gasteiger charge is -2.26. The van der Waals surface area contributed by atoms with E-state index in [0.717, 1.165) is 23.2 Å². The van der Waals surface area contributed by atoms with E-state index in [1.807, 2.05) is 48.5 Å². The van der Waals surface area contributed by atoms with Crippen molar-refractivity contribution in [2.24, 2.45) is 0 Å². The number of nitrogens with one attached hydrogen (secondary N) is 1. The second-order valence-corrected chi connectivity index (χ2v) is 6.59. The maximum absolute atomic E-state index is 12.7. The number of carboxylic acid groups (broad SMARTS) is 1. The largest absolute Gasteiger partial charge is 0.550 e. The fraction of sp³-hybridized carbons (Fsp3) is 0.273. The van der Waals surface area contributed by atoms with E-state index in [0.29, 0.717) is 0 Å². The molecule has 0 aliphatic carbocycles. The van der Waals surface area contributed by atoms with E-state index in [4.69, 9.17) is 0 Å². The number of carbonyl (C=O) groups is 2. The van der Waals surface area contributed by atoms with E-state index in [-0.39, 0.29) is 31.2 Å². The average molecular weight is 363 g/mol. The van der Waals surface area contributed by atoms with Gasteiger partial charge in [0.15, 0.2) is 0 Å². The van der Waals surface area contributed by atoms with Crippen LogP contribution in [0.15, 0.2) is 60.7 Å². The summed E-state index contributed by atoms with van der Waals surface area (Å²) in [5, 5.41) is 12.2. The van der Waals surface area contributed by atoms with Gasteiger partial charge in [0.05, 0.1) is 11.7 Å². The number of rotatable bonds is 7. The molecule has 0 saturated carbocycles. The Kier molecular flexibility index (Phi) is 5.91. The Balaban J connectivity index is 1.84. The molecule has 27 heavy (non-hydrogen) atoms. The van der Waals surface area contributed by atoms with Gasteiger partial charge in [-0.1, -0.05) is 61.5 Å². The van der Waals surface area contributed by atoms with Gasteiger partial charge < -0.3 is 9.90 Å². The van der Waals surface area contributed by atoms with Gasteiger partial charge in [-0.05, 0) is 42.0 Å². The summed E-state index contributed by atoms with van der Waals surface area (Å²) in [6.45, 7) is 2.10. The highest BCUT2D eigenvalue weighted by atomic mass is 16.4. The van der Waals surface area contributed by atoms with Crippen molar-refractivity contribution in [1.29, 1.82) is 0 Å². The predicted molar refractivity (Wildman–Crippen MR) is 102 cm³/mol. The maximum Gasteiger partial charge on any atom is 0.241 e. The number of hydrogen-bond acceptors (Lipinski definition) is 4. The third-order valence-electron chi connectivity index (χ3n) is 4.70. The van der Waals surface area contributed by atoms with Gasteiger partial charge >= 0.3 is 0 Å². The van der Waals surface area contributed by atoms with Crippen molar-refractivity contribution in [2.45, 2.75) is 38.6 Å². The zero-order valence-electron chi connectivity index (χ0n) is 15.4. The Bertz CT molecular complexity index is 828. The van der Waals surface area contributed by atoms with Gasteiger partial charge in [0, 0.05) is 12.4 Å². The first-order valence-electron chi connectivity index (χ1n) is 9.23. The first-order valence-corrected chi connectivity index (χ1v) is 9.23. The normalized spacial score (nSPS) is 16.0. The Morgan fingerprint density at radius 3 is 2.37 bits per heavy atom. The van der Waals surface area contributed by atoms with E-state index in [1.165, 1.54) is 5.56 Å². The number of hydrazine groups is 1. The summed E-state index contributed by atoms with van der Waals surface area (Å²) in [5.41, 5.74) is 7.32. The van der Waals surface area contributed by atoms with Gasteiger partial charge in [0.25, 0.3) is 0 Å². The topological polar surface area (TPSA) is 72.5 Å². The number of carbonyl (C=O) groups excluding carboxylic acids is 2. The standard InChI is InChI=1S/C22H24N2O3/c1-2-16-11-13-18(14-12-16)20-15-19(17-7-4-3-5-8-17)23-24(20)21(25)9-6-10-22(26)27/h3-5,7-8,11-15,20,23H,2,6,9-10H2,1H3,(H,26,27)/p-1/t20-/m0/s1. The minimum Gasteiger partial charge on any atom is -0.550 e. The van der Waals surface area contributed by atoms with Crippen LogP contribution in [0.5, 0.6) is 0 Å². The molecule has 2 aromatic rings. The van der Waals surface area contributed by atoms with Gasteiger partial charge in [-0.25, -0.2) is 5.01 Å². The van der Waals surface area contributed by atoms with Crippen LogP contribution in [0, 0.1) is 0 Å². The molecule has 0 fully saturated rings. The lowest BCUT2D eigenvalue weighted by Crippen LogP contribution is -2.39. The smallest absolute Gasteiger partial charge is 0.241 e. The third kappa shape index (κ3) is 4.56. The van der Waals surface area contributed by atoms with Crippen LogP contribution in [0.1, 0.15) is 48.9 Å². The van der Waals surface area contributed by atoms with E-state index >= 15 is 0 Å². The Morgan fingerprint density at radius 1 is 1.04 bits per heavy atom. The molecule has 1 atom stereocenters. The van der Waals surface area contributed by atoms with E-state index in [9.17, 15) is 14.7 Å². The monoisotopic (exact) mass is 363 g/mol. The van der Waals surface area contributed by atoms with Gasteiger partial charge in [0.2, 0.25) is 5.91 Å². The lowest BCUT2D eigenvalue weighted by molar-refractivity contribution is -0.305. The highest BCUT2D eigenvalue weighted by Crippen LogP contribution is 2.32. The molecule has 0 saturated heterocycles. The lowest BCUT2D eigenvalue weighted by atomic mass is 10.0.